The average molecular weight is 231 g/mol. The van der Waals surface area contributed by atoms with E-state index in [0.717, 1.165) is 0 Å². The highest BCUT2D eigenvalue weighted by molar-refractivity contribution is 7.50. The van der Waals surface area contributed by atoms with Gasteiger partial charge >= 0.3 is 7.60 Å². The van der Waals surface area contributed by atoms with Crippen molar-refractivity contribution in [2.45, 2.75) is 13.1 Å². The van der Waals surface area contributed by atoms with Crippen molar-refractivity contribution in [3.8, 4) is 0 Å². The number of hydrogen-bond donors (Lipinski definition) is 2. The summed E-state index contributed by atoms with van der Waals surface area (Å²) in [5.41, 5.74) is 0.850. The van der Waals surface area contributed by atoms with Crippen LogP contribution in [-0.2, 0) is 10.7 Å². The number of hydrogen-bond acceptors (Lipinski definition) is 3. The molecular formula is C8H10NO5P. The van der Waals surface area contributed by atoms with Crippen molar-refractivity contribution >= 4 is 13.3 Å². The summed E-state index contributed by atoms with van der Waals surface area (Å²) in [7, 11) is -4.12. The molecule has 1 rings (SSSR count). The molecule has 0 aliphatic carbocycles. The zero-order valence-electron chi connectivity index (χ0n) is 7.95. The predicted molar refractivity (Wildman–Crippen MR) is 53.6 cm³/mol. The molecule has 0 saturated heterocycles. The van der Waals surface area contributed by atoms with E-state index in [9.17, 15) is 14.7 Å². The summed E-state index contributed by atoms with van der Waals surface area (Å²) in [6.07, 6.45) is -0.392. The molecule has 0 unspecified atom stereocenters. The van der Waals surface area contributed by atoms with Crippen LogP contribution in [0.25, 0.3) is 0 Å². The number of nitro groups is 1. The van der Waals surface area contributed by atoms with Gasteiger partial charge in [-0.05, 0) is 18.1 Å². The lowest BCUT2D eigenvalue weighted by Gasteiger charge is -2.06. The third kappa shape index (κ3) is 3.43. The highest BCUT2D eigenvalue weighted by atomic mass is 31.2. The van der Waals surface area contributed by atoms with Gasteiger partial charge in [-0.15, -0.1) is 0 Å². The summed E-state index contributed by atoms with van der Waals surface area (Å²) in [6.45, 7) is 1.58. The van der Waals surface area contributed by atoms with Crippen LogP contribution in [-0.4, -0.2) is 14.7 Å². The Kier molecular flexibility index (Phi) is 3.24. The van der Waals surface area contributed by atoms with Gasteiger partial charge in [-0.1, -0.05) is 6.07 Å². The first-order chi connectivity index (χ1) is 6.79. The van der Waals surface area contributed by atoms with Gasteiger partial charge < -0.3 is 9.79 Å². The standard InChI is InChI=1S/C8H10NO5P/c1-6-4-8(9(10)11)3-2-7(6)5-15(12,13)14/h2-4H,5H2,1H3,(H2,12,13,14). The molecule has 1 aromatic carbocycles. The lowest BCUT2D eigenvalue weighted by Crippen LogP contribution is -1.94. The fourth-order valence-electron chi connectivity index (χ4n) is 1.19. The summed E-state index contributed by atoms with van der Waals surface area (Å²) < 4.78 is 10.7. The topological polar surface area (TPSA) is 101 Å². The Labute approximate surface area is 85.9 Å². The normalized spacial score (nSPS) is 11.4. The largest absolute Gasteiger partial charge is 0.329 e. The third-order valence-corrected chi connectivity index (χ3v) is 2.67. The van der Waals surface area contributed by atoms with Gasteiger partial charge in [0, 0.05) is 12.1 Å². The lowest BCUT2D eigenvalue weighted by molar-refractivity contribution is -0.384. The third-order valence-electron chi connectivity index (χ3n) is 1.91. The van der Waals surface area contributed by atoms with Gasteiger partial charge in [0.25, 0.3) is 5.69 Å². The molecule has 0 atom stereocenters. The molecule has 2 N–H and O–H groups in total. The molecule has 0 amide bonds. The zero-order chi connectivity index (χ0) is 11.6. The van der Waals surface area contributed by atoms with Crippen LogP contribution in [0.2, 0.25) is 0 Å². The van der Waals surface area contributed by atoms with Gasteiger partial charge in [0.05, 0.1) is 11.1 Å². The van der Waals surface area contributed by atoms with Crippen molar-refractivity contribution in [2.75, 3.05) is 0 Å². The molecular weight excluding hydrogens is 221 g/mol. The summed E-state index contributed by atoms with van der Waals surface area (Å²) in [4.78, 5) is 27.4. The molecule has 0 aliphatic rings. The molecule has 6 nitrogen and oxygen atoms in total. The van der Waals surface area contributed by atoms with Gasteiger partial charge in [-0.2, -0.15) is 0 Å². The molecule has 0 radical (unpaired) electrons. The van der Waals surface area contributed by atoms with Crippen LogP contribution in [0.3, 0.4) is 0 Å². The van der Waals surface area contributed by atoms with Crippen LogP contribution in [0.4, 0.5) is 5.69 Å². The minimum Gasteiger partial charge on any atom is -0.324 e. The minimum absolute atomic E-state index is 0.0815. The zero-order valence-corrected chi connectivity index (χ0v) is 8.85. The molecule has 0 aromatic heterocycles. The maximum Gasteiger partial charge on any atom is 0.329 e. The van der Waals surface area contributed by atoms with Gasteiger partial charge in [-0.25, -0.2) is 0 Å². The lowest BCUT2D eigenvalue weighted by atomic mass is 10.1. The van der Waals surface area contributed by atoms with Crippen molar-refractivity contribution in [1.29, 1.82) is 0 Å². The smallest absolute Gasteiger partial charge is 0.324 e. The second kappa shape index (κ2) is 4.10. The Morgan fingerprint density at radius 2 is 2.07 bits per heavy atom. The molecule has 82 valence electrons. The van der Waals surface area contributed by atoms with E-state index in [1.165, 1.54) is 18.2 Å². The van der Waals surface area contributed by atoms with Crippen molar-refractivity contribution < 1.29 is 19.3 Å². The highest BCUT2D eigenvalue weighted by Gasteiger charge is 2.17. The number of rotatable bonds is 3. The van der Waals surface area contributed by atoms with E-state index in [4.69, 9.17) is 9.79 Å². The summed E-state index contributed by atoms with van der Waals surface area (Å²) >= 11 is 0. The first kappa shape index (κ1) is 11.8. The van der Waals surface area contributed by atoms with Crippen molar-refractivity contribution in [2.24, 2.45) is 0 Å². The van der Waals surface area contributed by atoms with Gasteiger partial charge in [0.1, 0.15) is 0 Å². The maximum atomic E-state index is 10.7. The SMILES string of the molecule is Cc1cc([N+](=O)[O-])ccc1CP(=O)(O)O. The average Bonchev–Trinajstić information content (AvgIpc) is 2.05. The molecule has 0 saturated carbocycles. The second-order valence-corrected chi connectivity index (χ2v) is 4.84. The number of benzene rings is 1. The summed E-state index contributed by atoms with van der Waals surface area (Å²) in [5, 5.41) is 10.4. The van der Waals surface area contributed by atoms with E-state index in [2.05, 4.69) is 0 Å². The first-order valence-electron chi connectivity index (χ1n) is 4.08. The number of nitrogens with zero attached hydrogens (tertiary/aromatic N) is 1. The predicted octanol–water partition coefficient (Wildman–Crippen LogP) is 1.58. The quantitative estimate of drug-likeness (QED) is 0.467. The van der Waals surface area contributed by atoms with Crippen LogP contribution < -0.4 is 0 Å². The van der Waals surface area contributed by atoms with Gasteiger partial charge in [-0.3, -0.25) is 14.7 Å². The molecule has 0 spiro atoms. The van der Waals surface area contributed by atoms with E-state index in [-0.39, 0.29) is 5.69 Å². The van der Waals surface area contributed by atoms with E-state index in [1.54, 1.807) is 6.92 Å². The summed E-state index contributed by atoms with van der Waals surface area (Å²) in [5.74, 6) is 0. The Morgan fingerprint density at radius 3 is 2.47 bits per heavy atom. The molecule has 0 heterocycles. The maximum absolute atomic E-state index is 10.7. The molecule has 15 heavy (non-hydrogen) atoms. The minimum atomic E-state index is -4.12. The van der Waals surface area contributed by atoms with Crippen LogP contribution in [0, 0.1) is 17.0 Å². The molecule has 1 aromatic rings. The fraction of sp³-hybridized carbons (Fsp3) is 0.250. The second-order valence-electron chi connectivity index (χ2n) is 3.19. The van der Waals surface area contributed by atoms with E-state index in [0.29, 0.717) is 11.1 Å². The van der Waals surface area contributed by atoms with Gasteiger partial charge in [0.15, 0.2) is 0 Å². The Hall–Kier alpha value is -1.23. The van der Waals surface area contributed by atoms with Crippen molar-refractivity contribution in [3.63, 3.8) is 0 Å². The molecule has 0 aliphatic heterocycles. The van der Waals surface area contributed by atoms with Crippen LogP contribution in [0.1, 0.15) is 11.1 Å². The number of aryl methyl sites for hydroxylation is 1. The van der Waals surface area contributed by atoms with Crippen molar-refractivity contribution in [3.05, 3.63) is 39.4 Å². The van der Waals surface area contributed by atoms with E-state index in [1.807, 2.05) is 0 Å². The Balaban J connectivity index is 3.04. The summed E-state index contributed by atoms with van der Waals surface area (Å²) in [6, 6.07) is 3.90. The Bertz CT molecular complexity index is 439. The van der Waals surface area contributed by atoms with Gasteiger partial charge in [0.2, 0.25) is 0 Å². The van der Waals surface area contributed by atoms with E-state index >= 15 is 0 Å². The van der Waals surface area contributed by atoms with Crippen LogP contribution in [0.5, 0.6) is 0 Å². The highest BCUT2D eigenvalue weighted by Crippen LogP contribution is 2.40. The molecule has 0 fully saturated rings. The molecule has 0 bridgehead atoms. The Morgan fingerprint density at radius 1 is 1.47 bits per heavy atom. The molecule has 7 heteroatoms. The fourth-order valence-corrected chi connectivity index (χ4v) is 1.99. The number of non-ortho nitro benzene ring substituents is 1. The monoisotopic (exact) mass is 231 g/mol. The van der Waals surface area contributed by atoms with E-state index < -0.39 is 18.7 Å². The van der Waals surface area contributed by atoms with Crippen LogP contribution in [0.15, 0.2) is 18.2 Å². The number of nitro benzene ring substituents is 1. The van der Waals surface area contributed by atoms with Crippen molar-refractivity contribution in [1.82, 2.24) is 0 Å². The van der Waals surface area contributed by atoms with Crippen LogP contribution >= 0.6 is 7.60 Å². The first-order valence-corrected chi connectivity index (χ1v) is 5.88.